The van der Waals surface area contributed by atoms with Crippen LogP contribution in [0.4, 0.5) is 11.5 Å². The minimum atomic E-state index is 0.798. The zero-order valence-electron chi connectivity index (χ0n) is 8.97. The minimum Gasteiger partial charge on any atom is -0.327 e. The van der Waals surface area contributed by atoms with Gasteiger partial charge in [0.05, 0.1) is 0 Å². The molecule has 2 aromatic rings. The molecule has 0 radical (unpaired) electrons. The number of para-hydroxylation sites is 1. The van der Waals surface area contributed by atoms with Gasteiger partial charge in [-0.3, -0.25) is 0 Å². The summed E-state index contributed by atoms with van der Waals surface area (Å²) < 4.78 is 0.798. The maximum Gasteiger partial charge on any atom is 0.137 e. The summed E-state index contributed by atoms with van der Waals surface area (Å²) >= 11 is 3.35. The summed E-state index contributed by atoms with van der Waals surface area (Å²) in [6.07, 6.45) is 1.56. The summed E-state index contributed by atoms with van der Waals surface area (Å²) in [7, 11) is 0. The molecule has 0 N–H and O–H groups in total. The Hall–Kier alpha value is -1.42. The molecule has 82 valence electrons. The highest BCUT2D eigenvalue weighted by atomic mass is 79.9. The molecule has 0 aliphatic carbocycles. The normalized spacial score (nSPS) is 10.1. The zero-order chi connectivity index (χ0) is 11.4. The Morgan fingerprint density at radius 2 is 1.94 bits per heavy atom. The van der Waals surface area contributed by atoms with Gasteiger partial charge in [0.15, 0.2) is 0 Å². The summed E-state index contributed by atoms with van der Waals surface area (Å²) in [5.74, 6) is 0.899. The third-order valence-corrected chi connectivity index (χ3v) is 2.71. The van der Waals surface area contributed by atoms with Gasteiger partial charge >= 0.3 is 0 Å². The molecule has 1 heterocycles. The first kappa shape index (κ1) is 11.1. The van der Waals surface area contributed by atoms with Crippen molar-refractivity contribution >= 4 is 27.4 Å². The molecule has 4 heteroatoms. The second kappa shape index (κ2) is 5.07. The maximum absolute atomic E-state index is 4.27. The molecule has 0 saturated carbocycles. The molecule has 0 saturated heterocycles. The minimum absolute atomic E-state index is 0.798. The topological polar surface area (TPSA) is 29.0 Å². The van der Waals surface area contributed by atoms with E-state index in [1.54, 1.807) is 6.33 Å². The predicted octanol–water partition coefficient (Wildman–Crippen LogP) is 3.40. The smallest absolute Gasteiger partial charge is 0.137 e. The van der Waals surface area contributed by atoms with Crippen LogP contribution in [0.15, 0.2) is 47.3 Å². The van der Waals surface area contributed by atoms with Crippen LogP contribution < -0.4 is 4.90 Å². The van der Waals surface area contributed by atoms with Gasteiger partial charge in [-0.15, -0.1) is 0 Å². The summed E-state index contributed by atoms with van der Waals surface area (Å²) in [6.45, 7) is 2.97. The van der Waals surface area contributed by atoms with E-state index in [0.717, 1.165) is 22.7 Å². The van der Waals surface area contributed by atoms with Gasteiger partial charge in [0.1, 0.15) is 16.7 Å². The summed E-state index contributed by atoms with van der Waals surface area (Å²) in [5, 5.41) is 0. The van der Waals surface area contributed by atoms with E-state index in [1.165, 1.54) is 0 Å². The zero-order valence-corrected chi connectivity index (χ0v) is 10.6. The summed E-state index contributed by atoms with van der Waals surface area (Å²) in [4.78, 5) is 10.4. The highest BCUT2D eigenvalue weighted by Crippen LogP contribution is 2.23. The highest BCUT2D eigenvalue weighted by Gasteiger charge is 2.08. The molecule has 0 amide bonds. The molecule has 0 unspecified atom stereocenters. The second-order valence-corrected chi connectivity index (χ2v) is 4.09. The van der Waals surface area contributed by atoms with Gasteiger partial charge in [-0.25, -0.2) is 9.97 Å². The molecule has 0 spiro atoms. The van der Waals surface area contributed by atoms with Crippen molar-refractivity contribution in [2.45, 2.75) is 6.92 Å². The van der Waals surface area contributed by atoms with Crippen molar-refractivity contribution in [2.75, 3.05) is 11.4 Å². The quantitative estimate of drug-likeness (QED) is 0.806. The van der Waals surface area contributed by atoms with Crippen molar-refractivity contribution in [3.8, 4) is 0 Å². The van der Waals surface area contributed by atoms with Crippen LogP contribution in [-0.2, 0) is 0 Å². The Morgan fingerprint density at radius 1 is 1.19 bits per heavy atom. The van der Waals surface area contributed by atoms with Crippen molar-refractivity contribution in [2.24, 2.45) is 0 Å². The fourth-order valence-corrected chi connectivity index (χ4v) is 1.85. The first-order valence-corrected chi connectivity index (χ1v) is 5.90. The van der Waals surface area contributed by atoms with E-state index in [4.69, 9.17) is 0 Å². The number of anilines is 2. The molecule has 0 atom stereocenters. The number of aromatic nitrogens is 2. The first-order chi connectivity index (χ1) is 7.81. The van der Waals surface area contributed by atoms with Crippen LogP contribution in [0.5, 0.6) is 0 Å². The molecule has 0 aliphatic heterocycles. The average Bonchev–Trinajstić information content (AvgIpc) is 2.31. The lowest BCUT2D eigenvalue weighted by Gasteiger charge is -2.21. The Bertz CT molecular complexity index is 459. The molecular weight excluding hydrogens is 266 g/mol. The van der Waals surface area contributed by atoms with Crippen molar-refractivity contribution in [1.82, 2.24) is 9.97 Å². The number of benzene rings is 1. The Labute approximate surface area is 103 Å². The summed E-state index contributed by atoms with van der Waals surface area (Å²) in [6, 6.07) is 12.1. The van der Waals surface area contributed by atoms with Crippen LogP contribution in [0.3, 0.4) is 0 Å². The molecule has 3 nitrogen and oxygen atoms in total. The van der Waals surface area contributed by atoms with Gasteiger partial charge in [0.2, 0.25) is 0 Å². The number of rotatable bonds is 3. The lowest BCUT2D eigenvalue weighted by molar-refractivity contribution is 0.971. The van der Waals surface area contributed by atoms with E-state index >= 15 is 0 Å². The van der Waals surface area contributed by atoms with Crippen LogP contribution >= 0.6 is 15.9 Å². The number of hydrogen-bond donors (Lipinski definition) is 0. The maximum atomic E-state index is 4.27. The van der Waals surface area contributed by atoms with Gasteiger partial charge in [0.25, 0.3) is 0 Å². The fraction of sp³-hybridized carbons (Fsp3) is 0.167. The second-order valence-electron chi connectivity index (χ2n) is 3.28. The van der Waals surface area contributed by atoms with Crippen LogP contribution in [-0.4, -0.2) is 16.5 Å². The van der Waals surface area contributed by atoms with Crippen molar-refractivity contribution in [3.63, 3.8) is 0 Å². The van der Waals surface area contributed by atoms with Crippen LogP contribution in [0, 0.1) is 0 Å². The Morgan fingerprint density at radius 3 is 2.56 bits per heavy atom. The summed E-state index contributed by atoms with van der Waals surface area (Å²) in [5.41, 5.74) is 1.13. The monoisotopic (exact) mass is 277 g/mol. The van der Waals surface area contributed by atoms with E-state index in [9.17, 15) is 0 Å². The van der Waals surface area contributed by atoms with Gasteiger partial charge in [0, 0.05) is 18.3 Å². The highest BCUT2D eigenvalue weighted by molar-refractivity contribution is 9.10. The Balaban J connectivity index is 2.37. The van der Waals surface area contributed by atoms with Crippen molar-refractivity contribution < 1.29 is 0 Å². The third kappa shape index (κ3) is 2.39. The number of hydrogen-bond acceptors (Lipinski definition) is 3. The van der Waals surface area contributed by atoms with Crippen LogP contribution in [0.25, 0.3) is 0 Å². The molecular formula is C12H12BrN3. The molecule has 2 rings (SSSR count). The lowest BCUT2D eigenvalue weighted by Crippen LogP contribution is -2.17. The van der Waals surface area contributed by atoms with E-state index in [-0.39, 0.29) is 0 Å². The van der Waals surface area contributed by atoms with E-state index in [1.807, 2.05) is 24.3 Å². The van der Waals surface area contributed by atoms with Gasteiger partial charge in [-0.1, -0.05) is 18.2 Å². The van der Waals surface area contributed by atoms with E-state index < -0.39 is 0 Å². The standard InChI is InChI=1S/C12H12BrN3/c1-2-16(10-6-4-3-5-7-10)12-8-11(13)14-9-15-12/h3-9H,2H2,1H3. The van der Waals surface area contributed by atoms with Crippen molar-refractivity contribution in [1.29, 1.82) is 0 Å². The van der Waals surface area contributed by atoms with Gasteiger partial charge in [-0.05, 0) is 35.0 Å². The van der Waals surface area contributed by atoms with E-state index in [2.05, 4.69) is 49.9 Å². The average molecular weight is 278 g/mol. The van der Waals surface area contributed by atoms with Gasteiger partial charge < -0.3 is 4.90 Å². The largest absolute Gasteiger partial charge is 0.327 e. The van der Waals surface area contributed by atoms with Crippen LogP contribution in [0.2, 0.25) is 0 Å². The predicted molar refractivity (Wildman–Crippen MR) is 68.9 cm³/mol. The first-order valence-electron chi connectivity index (χ1n) is 5.11. The molecule has 1 aromatic heterocycles. The van der Waals surface area contributed by atoms with Crippen molar-refractivity contribution in [3.05, 3.63) is 47.3 Å². The third-order valence-electron chi connectivity index (χ3n) is 2.28. The number of halogens is 1. The molecule has 1 aromatic carbocycles. The SMILES string of the molecule is CCN(c1ccccc1)c1cc(Br)ncn1. The number of nitrogens with zero attached hydrogens (tertiary/aromatic N) is 3. The molecule has 0 bridgehead atoms. The van der Waals surface area contributed by atoms with E-state index in [0.29, 0.717) is 0 Å². The van der Waals surface area contributed by atoms with Crippen LogP contribution in [0.1, 0.15) is 6.92 Å². The molecule has 0 aliphatic rings. The fourth-order valence-electron chi connectivity index (χ4n) is 1.56. The molecule has 16 heavy (non-hydrogen) atoms. The Kier molecular flexibility index (Phi) is 3.51. The van der Waals surface area contributed by atoms with Gasteiger partial charge in [-0.2, -0.15) is 0 Å². The lowest BCUT2D eigenvalue weighted by atomic mass is 10.3. The molecule has 0 fully saturated rings.